The highest BCUT2D eigenvalue weighted by molar-refractivity contribution is 5.41. The summed E-state index contributed by atoms with van der Waals surface area (Å²) in [5.74, 6) is 0. The second kappa shape index (κ2) is 2.49. The average Bonchev–Trinajstić information content (AvgIpc) is 2.49. The van der Waals surface area contributed by atoms with Crippen LogP contribution in [0.25, 0.3) is 5.65 Å². The Kier molecular flexibility index (Phi) is 1.47. The molecule has 0 aromatic carbocycles. The summed E-state index contributed by atoms with van der Waals surface area (Å²) in [7, 11) is 0. The van der Waals surface area contributed by atoms with Crippen molar-refractivity contribution in [2.24, 2.45) is 5.73 Å². The molecule has 0 bridgehead atoms. The van der Waals surface area contributed by atoms with Gasteiger partial charge in [0.15, 0.2) is 0 Å². The minimum absolute atomic E-state index is 0.153. The molecule has 0 aliphatic heterocycles. The highest BCUT2D eigenvalue weighted by atomic mass is 15.4. The van der Waals surface area contributed by atoms with Gasteiger partial charge in [0.05, 0.1) is 0 Å². The van der Waals surface area contributed by atoms with E-state index in [1.165, 1.54) is 12.7 Å². The van der Waals surface area contributed by atoms with Gasteiger partial charge in [0.2, 0.25) is 5.65 Å². The van der Waals surface area contributed by atoms with Crippen LogP contribution >= 0.6 is 0 Å². The topological polar surface area (TPSA) is 82.0 Å². The molecule has 2 heterocycles. The molecule has 0 aliphatic rings. The number of nitrogens with zero attached hydrogens (tertiary/aromatic N) is 5. The van der Waals surface area contributed by atoms with Gasteiger partial charge in [0, 0.05) is 6.04 Å². The summed E-state index contributed by atoms with van der Waals surface area (Å²) in [5.41, 5.74) is 7.00. The van der Waals surface area contributed by atoms with Crippen LogP contribution < -0.4 is 5.73 Å². The largest absolute Gasteiger partial charge is 0.323 e. The Balaban J connectivity index is 2.73. The summed E-state index contributed by atoms with van der Waals surface area (Å²) in [5, 5.41) is 11.5. The van der Waals surface area contributed by atoms with Crippen LogP contribution in [-0.4, -0.2) is 24.8 Å². The predicted octanol–water partition coefficient (Wildman–Crippen LogP) is -0.461. The summed E-state index contributed by atoms with van der Waals surface area (Å²) in [6.45, 7) is 1.84. The molecule has 62 valence electrons. The average molecular weight is 164 g/mol. The van der Waals surface area contributed by atoms with E-state index in [0.29, 0.717) is 11.3 Å². The van der Waals surface area contributed by atoms with Gasteiger partial charge in [-0.15, -0.1) is 10.2 Å². The molecule has 0 amide bonds. The second-order valence-corrected chi connectivity index (χ2v) is 2.53. The van der Waals surface area contributed by atoms with E-state index >= 15 is 0 Å². The number of fused-ring (bicyclic) bond motifs is 1. The third kappa shape index (κ3) is 0.928. The van der Waals surface area contributed by atoms with Crippen molar-refractivity contribution in [2.45, 2.75) is 13.0 Å². The van der Waals surface area contributed by atoms with Crippen molar-refractivity contribution in [2.75, 3.05) is 0 Å². The van der Waals surface area contributed by atoms with Gasteiger partial charge in [-0.2, -0.15) is 9.61 Å². The molecule has 0 fully saturated rings. The maximum absolute atomic E-state index is 5.67. The third-order valence-corrected chi connectivity index (χ3v) is 1.56. The van der Waals surface area contributed by atoms with Gasteiger partial charge >= 0.3 is 0 Å². The molecule has 2 aromatic rings. The third-order valence-electron chi connectivity index (χ3n) is 1.56. The van der Waals surface area contributed by atoms with Gasteiger partial charge in [-0.25, -0.2) is 4.98 Å². The molecule has 0 saturated heterocycles. The van der Waals surface area contributed by atoms with Crippen molar-refractivity contribution < 1.29 is 0 Å². The van der Waals surface area contributed by atoms with Gasteiger partial charge < -0.3 is 5.73 Å². The van der Waals surface area contributed by atoms with Gasteiger partial charge in [0.25, 0.3) is 0 Å². The van der Waals surface area contributed by atoms with E-state index in [2.05, 4.69) is 20.3 Å². The van der Waals surface area contributed by atoms with Crippen LogP contribution in [0, 0.1) is 0 Å². The summed E-state index contributed by atoms with van der Waals surface area (Å²) in [4.78, 5) is 4.02. The lowest BCUT2D eigenvalue weighted by atomic mass is 10.2. The molecule has 0 aliphatic carbocycles. The van der Waals surface area contributed by atoms with Crippen molar-refractivity contribution in [1.82, 2.24) is 24.8 Å². The smallest absolute Gasteiger partial charge is 0.200 e. The van der Waals surface area contributed by atoms with Crippen molar-refractivity contribution in [3.8, 4) is 0 Å². The molecule has 12 heavy (non-hydrogen) atoms. The molecule has 0 radical (unpaired) electrons. The minimum Gasteiger partial charge on any atom is -0.323 e. The SMILES string of the molecule is C[C@@H](N)c1ncnn2cnnc12. The summed E-state index contributed by atoms with van der Waals surface area (Å²) >= 11 is 0. The van der Waals surface area contributed by atoms with E-state index in [9.17, 15) is 0 Å². The molecule has 6 nitrogen and oxygen atoms in total. The van der Waals surface area contributed by atoms with Crippen LogP contribution in [0.2, 0.25) is 0 Å². The lowest BCUT2D eigenvalue weighted by molar-refractivity contribution is 0.752. The first kappa shape index (κ1) is 7.11. The molecule has 2 aromatic heterocycles. The predicted molar refractivity (Wildman–Crippen MR) is 41.2 cm³/mol. The van der Waals surface area contributed by atoms with Crippen LogP contribution in [0.5, 0.6) is 0 Å². The van der Waals surface area contributed by atoms with Gasteiger partial charge in [0.1, 0.15) is 18.3 Å². The van der Waals surface area contributed by atoms with Crippen LogP contribution in [-0.2, 0) is 0 Å². The molecular weight excluding hydrogens is 156 g/mol. The van der Waals surface area contributed by atoms with E-state index in [-0.39, 0.29) is 6.04 Å². The molecule has 6 heteroatoms. The van der Waals surface area contributed by atoms with Crippen LogP contribution in [0.15, 0.2) is 12.7 Å². The van der Waals surface area contributed by atoms with E-state index in [1.54, 1.807) is 4.52 Å². The fourth-order valence-electron chi connectivity index (χ4n) is 1.01. The summed E-state index contributed by atoms with van der Waals surface area (Å²) in [6, 6.07) is -0.153. The standard InChI is InChI=1S/C6H8N6/c1-4(7)5-6-11-9-3-12(6)10-2-8-5/h2-4H,7H2,1H3/t4-/m1/s1. The summed E-state index contributed by atoms with van der Waals surface area (Å²) in [6.07, 6.45) is 2.96. The van der Waals surface area contributed by atoms with Crippen LogP contribution in [0.3, 0.4) is 0 Å². The van der Waals surface area contributed by atoms with E-state index < -0.39 is 0 Å². The van der Waals surface area contributed by atoms with Crippen LogP contribution in [0.4, 0.5) is 0 Å². The van der Waals surface area contributed by atoms with Crippen molar-refractivity contribution in [3.05, 3.63) is 18.3 Å². The monoisotopic (exact) mass is 164 g/mol. The maximum atomic E-state index is 5.67. The number of nitrogens with two attached hydrogens (primary N) is 1. The van der Waals surface area contributed by atoms with E-state index in [0.717, 1.165) is 0 Å². The number of rotatable bonds is 1. The highest BCUT2D eigenvalue weighted by Crippen LogP contribution is 2.08. The van der Waals surface area contributed by atoms with Crippen molar-refractivity contribution in [1.29, 1.82) is 0 Å². The zero-order valence-corrected chi connectivity index (χ0v) is 6.55. The second-order valence-electron chi connectivity index (χ2n) is 2.53. The Morgan fingerprint density at radius 3 is 3.17 bits per heavy atom. The Morgan fingerprint density at radius 2 is 2.42 bits per heavy atom. The normalized spacial score (nSPS) is 13.5. The quantitative estimate of drug-likeness (QED) is 0.616. The first-order valence-electron chi connectivity index (χ1n) is 3.55. The molecule has 2 rings (SSSR count). The zero-order valence-electron chi connectivity index (χ0n) is 6.55. The van der Waals surface area contributed by atoms with Gasteiger partial charge in [-0.05, 0) is 6.92 Å². The number of aromatic nitrogens is 5. The molecule has 2 N–H and O–H groups in total. The maximum Gasteiger partial charge on any atom is 0.200 e. The Morgan fingerprint density at radius 1 is 1.58 bits per heavy atom. The molecule has 0 spiro atoms. The first-order valence-corrected chi connectivity index (χ1v) is 3.55. The zero-order chi connectivity index (χ0) is 8.55. The number of hydrogen-bond acceptors (Lipinski definition) is 5. The lowest BCUT2D eigenvalue weighted by Gasteiger charge is -2.02. The van der Waals surface area contributed by atoms with E-state index in [4.69, 9.17) is 5.73 Å². The van der Waals surface area contributed by atoms with Crippen LogP contribution in [0.1, 0.15) is 18.7 Å². The fraction of sp³-hybridized carbons (Fsp3) is 0.333. The Bertz CT molecular complexity index is 392. The van der Waals surface area contributed by atoms with E-state index in [1.807, 2.05) is 6.92 Å². The Hall–Kier alpha value is -1.56. The minimum atomic E-state index is -0.153. The molecule has 0 unspecified atom stereocenters. The van der Waals surface area contributed by atoms with Gasteiger partial charge in [-0.1, -0.05) is 0 Å². The Labute approximate surface area is 68.4 Å². The summed E-state index contributed by atoms with van der Waals surface area (Å²) < 4.78 is 1.55. The molecule has 1 atom stereocenters. The van der Waals surface area contributed by atoms with Crippen molar-refractivity contribution in [3.63, 3.8) is 0 Å². The van der Waals surface area contributed by atoms with Gasteiger partial charge in [-0.3, -0.25) is 0 Å². The lowest BCUT2D eigenvalue weighted by Crippen LogP contribution is -2.10. The van der Waals surface area contributed by atoms with Crippen molar-refractivity contribution >= 4 is 5.65 Å². The molecule has 0 saturated carbocycles. The first-order chi connectivity index (χ1) is 5.79. The molecular formula is C6H8N6. The fourth-order valence-corrected chi connectivity index (χ4v) is 1.01. The number of hydrogen-bond donors (Lipinski definition) is 1. The highest BCUT2D eigenvalue weighted by Gasteiger charge is 2.08.